The van der Waals surface area contributed by atoms with E-state index in [1.54, 1.807) is 0 Å². The number of benzene rings is 2. The lowest BCUT2D eigenvalue weighted by molar-refractivity contribution is -0.148. The van der Waals surface area contributed by atoms with Crippen molar-refractivity contribution in [2.75, 3.05) is 0 Å². The minimum Gasteiger partial charge on any atom is -0.463 e. The smallest absolute Gasteiger partial charge is 0.308 e. The Morgan fingerprint density at radius 2 is 1.71 bits per heavy atom. The van der Waals surface area contributed by atoms with E-state index >= 15 is 0 Å². The van der Waals surface area contributed by atoms with Gasteiger partial charge in [-0.25, -0.2) is 0 Å². The van der Waals surface area contributed by atoms with E-state index < -0.39 is 6.04 Å². The number of rotatable bonds is 7. The zero-order valence-electron chi connectivity index (χ0n) is 16.5. The molecule has 5 heteroatoms. The topological polar surface area (TPSA) is 60.3 Å². The molecular weight excluding hydrogens is 352 g/mol. The van der Waals surface area contributed by atoms with Crippen LogP contribution in [0.2, 0.25) is 0 Å². The number of fused-ring (bicyclic) bond motifs is 1. The number of carbonyl (C=O) groups is 2. The van der Waals surface area contributed by atoms with Crippen LogP contribution in [0.15, 0.2) is 60.8 Å². The molecule has 1 aromatic heterocycles. The summed E-state index contributed by atoms with van der Waals surface area (Å²) in [5.74, 6) is -0.447. The Kier molecular flexibility index (Phi) is 6.14. The van der Waals surface area contributed by atoms with Crippen LogP contribution in [0.1, 0.15) is 37.4 Å². The second kappa shape index (κ2) is 8.74. The number of carbonyl (C=O) groups excluding carboxylic acids is 2. The van der Waals surface area contributed by atoms with Crippen molar-refractivity contribution in [2.45, 2.75) is 38.8 Å². The van der Waals surface area contributed by atoms with E-state index in [9.17, 15) is 9.59 Å². The first kappa shape index (κ1) is 19.7. The summed E-state index contributed by atoms with van der Waals surface area (Å²) in [5.41, 5.74) is 2.94. The van der Waals surface area contributed by atoms with Crippen molar-refractivity contribution in [1.82, 2.24) is 9.88 Å². The second-order valence-electron chi connectivity index (χ2n) is 7.23. The van der Waals surface area contributed by atoms with Gasteiger partial charge in [0.1, 0.15) is 0 Å². The van der Waals surface area contributed by atoms with Crippen molar-refractivity contribution in [1.29, 1.82) is 0 Å². The number of hydrogen-bond donors (Lipinski definition) is 1. The third-order valence-electron chi connectivity index (χ3n) is 4.61. The number of nitrogens with one attached hydrogen (secondary N) is 1. The predicted octanol–water partition coefficient (Wildman–Crippen LogP) is 3.92. The van der Waals surface area contributed by atoms with Crippen LogP contribution in [0.4, 0.5) is 0 Å². The molecule has 0 aliphatic heterocycles. The maximum atomic E-state index is 12.8. The SMILES string of the molecule is CC(C)OC(=O)CC(NC(=O)Cc1cn(C)c2ccccc12)c1ccccc1. The summed E-state index contributed by atoms with van der Waals surface area (Å²) >= 11 is 0. The fourth-order valence-corrected chi connectivity index (χ4v) is 3.40. The number of esters is 1. The van der Waals surface area contributed by atoms with Crippen LogP contribution < -0.4 is 5.32 Å². The molecule has 0 aliphatic rings. The Morgan fingerprint density at radius 1 is 1.04 bits per heavy atom. The molecular formula is C23H26N2O3. The van der Waals surface area contributed by atoms with Crippen LogP contribution in [0.5, 0.6) is 0 Å². The zero-order valence-corrected chi connectivity index (χ0v) is 16.5. The van der Waals surface area contributed by atoms with Gasteiger partial charge in [-0.2, -0.15) is 0 Å². The van der Waals surface area contributed by atoms with Crippen LogP contribution in [0.3, 0.4) is 0 Å². The van der Waals surface area contributed by atoms with Gasteiger partial charge in [0, 0.05) is 24.1 Å². The number of hydrogen-bond acceptors (Lipinski definition) is 3. The first-order valence-corrected chi connectivity index (χ1v) is 9.50. The quantitative estimate of drug-likeness (QED) is 0.634. The number of amides is 1. The Labute approximate surface area is 165 Å². The Balaban J connectivity index is 1.76. The van der Waals surface area contributed by atoms with Crippen molar-refractivity contribution in [3.63, 3.8) is 0 Å². The normalized spacial score (nSPS) is 12.1. The number of ether oxygens (including phenoxy) is 1. The van der Waals surface area contributed by atoms with Crippen LogP contribution in [0, 0.1) is 0 Å². The molecule has 0 spiro atoms. The van der Waals surface area contributed by atoms with Gasteiger partial charge < -0.3 is 14.6 Å². The number of aromatic nitrogens is 1. The van der Waals surface area contributed by atoms with Gasteiger partial charge >= 0.3 is 5.97 Å². The van der Waals surface area contributed by atoms with Crippen LogP contribution in [-0.4, -0.2) is 22.5 Å². The lowest BCUT2D eigenvalue weighted by Crippen LogP contribution is -2.32. The molecule has 0 saturated heterocycles. The highest BCUT2D eigenvalue weighted by molar-refractivity contribution is 5.89. The molecule has 0 aliphatic carbocycles. The minimum absolute atomic E-state index is 0.101. The summed E-state index contributed by atoms with van der Waals surface area (Å²) in [6.07, 6.45) is 2.15. The van der Waals surface area contributed by atoms with E-state index in [1.807, 2.05) is 86.3 Å². The van der Waals surface area contributed by atoms with E-state index in [1.165, 1.54) is 0 Å². The van der Waals surface area contributed by atoms with E-state index in [-0.39, 0.29) is 30.8 Å². The maximum absolute atomic E-state index is 12.8. The molecule has 5 nitrogen and oxygen atoms in total. The maximum Gasteiger partial charge on any atom is 0.308 e. The van der Waals surface area contributed by atoms with Crippen molar-refractivity contribution in [3.8, 4) is 0 Å². The monoisotopic (exact) mass is 378 g/mol. The molecule has 1 unspecified atom stereocenters. The van der Waals surface area contributed by atoms with Gasteiger partial charge in [0.25, 0.3) is 0 Å². The summed E-state index contributed by atoms with van der Waals surface area (Å²) in [7, 11) is 1.97. The number of aryl methyl sites for hydroxylation is 1. The molecule has 0 saturated carbocycles. The van der Waals surface area contributed by atoms with E-state index in [0.717, 1.165) is 22.0 Å². The summed E-state index contributed by atoms with van der Waals surface area (Å²) < 4.78 is 7.29. The third kappa shape index (κ3) is 4.80. The van der Waals surface area contributed by atoms with Gasteiger partial charge in [-0.05, 0) is 31.0 Å². The van der Waals surface area contributed by atoms with Crippen molar-refractivity contribution >= 4 is 22.8 Å². The van der Waals surface area contributed by atoms with Crippen molar-refractivity contribution in [2.24, 2.45) is 7.05 Å². The average Bonchev–Trinajstić information content (AvgIpc) is 2.97. The lowest BCUT2D eigenvalue weighted by atomic mass is 10.0. The van der Waals surface area contributed by atoms with Crippen LogP contribution in [0.25, 0.3) is 10.9 Å². The second-order valence-corrected chi connectivity index (χ2v) is 7.23. The predicted molar refractivity (Wildman–Crippen MR) is 110 cm³/mol. The molecule has 2 aromatic carbocycles. The Hall–Kier alpha value is -3.08. The molecule has 1 amide bonds. The summed E-state index contributed by atoms with van der Waals surface area (Å²) in [6.45, 7) is 3.63. The molecule has 28 heavy (non-hydrogen) atoms. The van der Waals surface area contributed by atoms with Crippen molar-refractivity contribution < 1.29 is 14.3 Å². The van der Waals surface area contributed by atoms with Gasteiger partial charge in [0.15, 0.2) is 0 Å². The van der Waals surface area contributed by atoms with E-state index in [4.69, 9.17) is 4.74 Å². The fourth-order valence-electron chi connectivity index (χ4n) is 3.40. The van der Waals surface area contributed by atoms with Gasteiger partial charge in [-0.15, -0.1) is 0 Å². The molecule has 0 radical (unpaired) electrons. The van der Waals surface area contributed by atoms with E-state index in [2.05, 4.69) is 5.32 Å². The van der Waals surface area contributed by atoms with E-state index in [0.29, 0.717) is 0 Å². The molecule has 146 valence electrons. The molecule has 3 rings (SSSR count). The summed E-state index contributed by atoms with van der Waals surface area (Å²) in [5, 5.41) is 4.08. The van der Waals surface area contributed by atoms with Gasteiger partial charge in [0.05, 0.1) is 25.0 Å². The zero-order chi connectivity index (χ0) is 20.1. The molecule has 3 aromatic rings. The Bertz CT molecular complexity index is 960. The number of para-hydroxylation sites is 1. The highest BCUT2D eigenvalue weighted by Gasteiger charge is 2.21. The van der Waals surface area contributed by atoms with Crippen molar-refractivity contribution in [3.05, 3.63) is 71.9 Å². The molecule has 1 atom stereocenters. The molecule has 1 N–H and O–H groups in total. The lowest BCUT2D eigenvalue weighted by Gasteiger charge is -2.19. The summed E-state index contributed by atoms with van der Waals surface area (Å²) in [6, 6.07) is 17.1. The molecule has 0 bridgehead atoms. The summed E-state index contributed by atoms with van der Waals surface area (Å²) in [4.78, 5) is 25.0. The average molecular weight is 378 g/mol. The standard InChI is InChI=1S/C23H26N2O3/c1-16(2)28-23(27)14-20(17-9-5-4-6-10-17)24-22(26)13-18-15-25(3)21-12-8-7-11-19(18)21/h4-12,15-16,20H,13-14H2,1-3H3,(H,24,26). The number of nitrogens with zero attached hydrogens (tertiary/aromatic N) is 1. The van der Waals surface area contributed by atoms with Gasteiger partial charge in [-0.3, -0.25) is 9.59 Å². The highest BCUT2D eigenvalue weighted by atomic mass is 16.5. The third-order valence-corrected chi connectivity index (χ3v) is 4.61. The van der Waals surface area contributed by atoms with Gasteiger partial charge in [-0.1, -0.05) is 48.5 Å². The largest absolute Gasteiger partial charge is 0.463 e. The fraction of sp³-hybridized carbons (Fsp3) is 0.304. The molecule has 0 fully saturated rings. The molecule has 1 heterocycles. The minimum atomic E-state index is -0.421. The highest BCUT2D eigenvalue weighted by Crippen LogP contribution is 2.22. The van der Waals surface area contributed by atoms with Crippen LogP contribution in [-0.2, 0) is 27.8 Å². The van der Waals surface area contributed by atoms with Gasteiger partial charge in [0.2, 0.25) is 5.91 Å². The van der Waals surface area contributed by atoms with Crippen LogP contribution >= 0.6 is 0 Å². The Morgan fingerprint density at radius 3 is 2.43 bits per heavy atom. The first-order valence-electron chi connectivity index (χ1n) is 9.50. The first-order chi connectivity index (χ1) is 13.4.